The van der Waals surface area contributed by atoms with Gasteiger partial charge < -0.3 is 10.3 Å². The number of fused-ring (bicyclic) bond motifs is 1. The van der Waals surface area contributed by atoms with Gasteiger partial charge in [0.05, 0.1) is 39.8 Å². The number of nitrogens with zero attached hydrogens (tertiary/aromatic N) is 4. The average molecular weight is 467 g/mol. The molecule has 9 nitrogen and oxygen atoms in total. The highest BCUT2D eigenvalue weighted by Gasteiger charge is 2.19. The van der Waals surface area contributed by atoms with Gasteiger partial charge in [-0.2, -0.15) is 5.10 Å². The van der Waals surface area contributed by atoms with Gasteiger partial charge in [-0.05, 0) is 43.3 Å². The molecular weight excluding hydrogens is 444 g/mol. The van der Waals surface area contributed by atoms with E-state index in [9.17, 15) is 14.9 Å². The number of non-ortho nitro benzene ring substituents is 1. The normalized spacial score (nSPS) is 11.9. The van der Waals surface area contributed by atoms with E-state index in [-0.39, 0.29) is 24.1 Å². The molecule has 1 atom stereocenters. The van der Waals surface area contributed by atoms with E-state index in [2.05, 4.69) is 15.3 Å². The summed E-state index contributed by atoms with van der Waals surface area (Å²) in [6.45, 7) is 1.88. The van der Waals surface area contributed by atoms with Gasteiger partial charge in [0.15, 0.2) is 0 Å². The number of carbonyl (C=O) groups is 1. The predicted molar refractivity (Wildman–Crippen MR) is 132 cm³/mol. The van der Waals surface area contributed by atoms with E-state index in [1.807, 2.05) is 67.7 Å². The SMILES string of the molecule is CC(NC(=O)Cc1cn(-c2ccccc2)nc1-c1ccc([N+](=O)[O-])cc1)c1nc2ccccc2[nH]1. The Morgan fingerprint density at radius 1 is 1.06 bits per heavy atom. The molecule has 0 fully saturated rings. The minimum absolute atomic E-state index is 0.00445. The molecule has 0 aliphatic rings. The monoisotopic (exact) mass is 466 g/mol. The topological polar surface area (TPSA) is 119 Å². The van der Waals surface area contributed by atoms with E-state index >= 15 is 0 Å². The van der Waals surface area contributed by atoms with Crippen LogP contribution in [0.4, 0.5) is 5.69 Å². The van der Waals surface area contributed by atoms with Gasteiger partial charge in [0.1, 0.15) is 5.82 Å². The largest absolute Gasteiger partial charge is 0.346 e. The first-order chi connectivity index (χ1) is 17.0. The molecule has 0 aliphatic heterocycles. The molecule has 35 heavy (non-hydrogen) atoms. The number of amides is 1. The molecule has 0 aliphatic carbocycles. The third kappa shape index (κ3) is 4.65. The Morgan fingerprint density at radius 2 is 1.77 bits per heavy atom. The average Bonchev–Trinajstić information content (AvgIpc) is 3.49. The van der Waals surface area contributed by atoms with Gasteiger partial charge in [-0.1, -0.05) is 30.3 Å². The van der Waals surface area contributed by atoms with Crippen molar-refractivity contribution >= 4 is 22.6 Å². The molecule has 0 spiro atoms. The number of nitro groups is 1. The molecule has 5 aromatic rings. The molecule has 0 saturated heterocycles. The summed E-state index contributed by atoms with van der Waals surface area (Å²) in [5.41, 5.74) is 4.58. The van der Waals surface area contributed by atoms with Crippen LogP contribution in [-0.2, 0) is 11.2 Å². The van der Waals surface area contributed by atoms with E-state index in [1.165, 1.54) is 12.1 Å². The van der Waals surface area contributed by atoms with Crippen LogP contribution >= 0.6 is 0 Å². The van der Waals surface area contributed by atoms with E-state index < -0.39 is 4.92 Å². The Hall–Kier alpha value is -4.79. The summed E-state index contributed by atoms with van der Waals surface area (Å²) in [5.74, 6) is 0.490. The fourth-order valence-electron chi connectivity index (χ4n) is 3.95. The van der Waals surface area contributed by atoms with Gasteiger partial charge in [-0.25, -0.2) is 9.67 Å². The summed E-state index contributed by atoms with van der Waals surface area (Å²) >= 11 is 0. The fourth-order valence-corrected chi connectivity index (χ4v) is 3.95. The van der Waals surface area contributed by atoms with E-state index in [1.54, 1.807) is 16.8 Å². The van der Waals surface area contributed by atoms with Crippen molar-refractivity contribution in [1.82, 2.24) is 25.1 Å². The Labute approximate surface area is 200 Å². The second-order valence-electron chi connectivity index (χ2n) is 8.19. The minimum atomic E-state index is -0.444. The number of nitro benzene ring substituents is 1. The number of imidazole rings is 1. The maximum atomic E-state index is 13.0. The van der Waals surface area contributed by atoms with Crippen LogP contribution in [0.25, 0.3) is 28.0 Å². The zero-order chi connectivity index (χ0) is 24.4. The van der Waals surface area contributed by atoms with Crippen LogP contribution in [0, 0.1) is 10.1 Å². The lowest BCUT2D eigenvalue weighted by Crippen LogP contribution is -2.28. The van der Waals surface area contributed by atoms with Crippen molar-refractivity contribution in [3.8, 4) is 16.9 Å². The van der Waals surface area contributed by atoms with Crippen molar-refractivity contribution in [2.75, 3.05) is 0 Å². The fraction of sp³-hybridized carbons (Fsp3) is 0.115. The van der Waals surface area contributed by atoms with Gasteiger partial charge >= 0.3 is 0 Å². The standard InChI is InChI=1S/C26H22N6O3/c1-17(26-28-22-9-5-6-10-23(22)29-26)27-24(33)15-19-16-31(20-7-3-2-4-8-20)30-25(19)18-11-13-21(14-12-18)32(34)35/h2-14,16-17H,15H2,1H3,(H,27,33)(H,28,29). The number of aromatic amines is 1. The van der Waals surface area contributed by atoms with E-state index in [0.717, 1.165) is 16.7 Å². The summed E-state index contributed by atoms with van der Waals surface area (Å²) in [6, 6.07) is 23.1. The molecule has 0 bridgehead atoms. The molecule has 9 heteroatoms. The lowest BCUT2D eigenvalue weighted by molar-refractivity contribution is -0.384. The highest BCUT2D eigenvalue weighted by atomic mass is 16.6. The van der Waals surface area contributed by atoms with Crippen LogP contribution in [0.3, 0.4) is 0 Å². The van der Waals surface area contributed by atoms with Crippen molar-refractivity contribution in [3.63, 3.8) is 0 Å². The molecule has 3 aromatic carbocycles. The van der Waals surface area contributed by atoms with Crippen molar-refractivity contribution in [2.45, 2.75) is 19.4 Å². The van der Waals surface area contributed by atoms with Gasteiger partial charge in [-0.15, -0.1) is 0 Å². The van der Waals surface area contributed by atoms with Crippen LogP contribution in [0.5, 0.6) is 0 Å². The van der Waals surface area contributed by atoms with Crippen molar-refractivity contribution in [1.29, 1.82) is 0 Å². The number of hydrogen-bond acceptors (Lipinski definition) is 5. The lowest BCUT2D eigenvalue weighted by atomic mass is 10.1. The van der Waals surface area contributed by atoms with Crippen LogP contribution < -0.4 is 5.32 Å². The summed E-state index contributed by atoms with van der Waals surface area (Å²) in [7, 11) is 0. The van der Waals surface area contributed by atoms with Crippen LogP contribution in [0.1, 0.15) is 24.4 Å². The summed E-state index contributed by atoms with van der Waals surface area (Å²) < 4.78 is 1.71. The molecule has 2 N–H and O–H groups in total. The molecule has 2 heterocycles. The van der Waals surface area contributed by atoms with Crippen LogP contribution in [0.2, 0.25) is 0 Å². The van der Waals surface area contributed by atoms with Gasteiger partial charge in [0, 0.05) is 29.5 Å². The Kier molecular flexibility index (Phi) is 5.80. The molecule has 0 radical (unpaired) electrons. The first-order valence-electron chi connectivity index (χ1n) is 11.1. The van der Waals surface area contributed by atoms with Crippen molar-refractivity contribution < 1.29 is 9.72 Å². The second-order valence-corrected chi connectivity index (χ2v) is 8.19. The smallest absolute Gasteiger partial charge is 0.269 e. The van der Waals surface area contributed by atoms with Gasteiger partial charge in [0.25, 0.3) is 5.69 Å². The van der Waals surface area contributed by atoms with E-state index in [4.69, 9.17) is 5.10 Å². The Morgan fingerprint density at radius 3 is 2.49 bits per heavy atom. The number of benzene rings is 3. The second kappa shape index (κ2) is 9.22. The molecule has 0 saturated carbocycles. The third-order valence-corrected chi connectivity index (χ3v) is 5.71. The van der Waals surface area contributed by atoms with Crippen molar-refractivity contribution in [3.05, 3.63) is 107 Å². The molecule has 1 amide bonds. The van der Waals surface area contributed by atoms with Crippen LogP contribution in [0.15, 0.2) is 85.1 Å². The number of H-pyrrole nitrogens is 1. The zero-order valence-corrected chi connectivity index (χ0v) is 18.9. The number of rotatable bonds is 7. The molecular formula is C26H22N6O3. The first kappa shape index (κ1) is 22.0. The van der Waals surface area contributed by atoms with Gasteiger partial charge in [0.2, 0.25) is 5.91 Å². The number of carbonyl (C=O) groups excluding carboxylic acids is 1. The third-order valence-electron chi connectivity index (χ3n) is 5.71. The molecule has 174 valence electrons. The number of para-hydroxylation sites is 3. The maximum absolute atomic E-state index is 13.0. The molecule has 1 unspecified atom stereocenters. The Bertz CT molecular complexity index is 1470. The highest BCUT2D eigenvalue weighted by molar-refractivity contribution is 5.82. The number of hydrogen-bond donors (Lipinski definition) is 2. The quantitative estimate of drug-likeness (QED) is 0.265. The van der Waals surface area contributed by atoms with E-state index in [0.29, 0.717) is 22.6 Å². The number of aromatic nitrogens is 4. The van der Waals surface area contributed by atoms with Crippen LogP contribution in [-0.4, -0.2) is 30.6 Å². The van der Waals surface area contributed by atoms with Gasteiger partial charge in [-0.3, -0.25) is 14.9 Å². The first-order valence-corrected chi connectivity index (χ1v) is 11.1. The summed E-state index contributed by atoms with van der Waals surface area (Å²) in [4.78, 5) is 31.4. The minimum Gasteiger partial charge on any atom is -0.346 e. The summed E-state index contributed by atoms with van der Waals surface area (Å²) in [5, 5.41) is 18.7. The van der Waals surface area contributed by atoms with Crippen molar-refractivity contribution in [2.24, 2.45) is 0 Å². The zero-order valence-electron chi connectivity index (χ0n) is 18.9. The summed E-state index contributed by atoms with van der Waals surface area (Å²) in [6.07, 6.45) is 1.90. The predicted octanol–water partition coefficient (Wildman–Crippen LogP) is 4.74. The molecule has 2 aromatic heterocycles. The molecule has 5 rings (SSSR count). The Balaban J connectivity index is 1.41. The number of nitrogens with one attached hydrogen (secondary N) is 2. The lowest BCUT2D eigenvalue weighted by Gasteiger charge is -2.11. The highest BCUT2D eigenvalue weighted by Crippen LogP contribution is 2.26. The maximum Gasteiger partial charge on any atom is 0.269 e.